The van der Waals surface area contributed by atoms with Crippen LogP contribution >= 0.6 is 11.3 Å². The van der Waals surface area contributed by atoms with Gasteiger partial charge in [-0.25, -0.2) is 12.8 Å². The Bertz CT molecular complexity index is 897. The number of amides is 2. The number of nitrogens with one attached hydrogen (secondary N) is 2. The fraction of sp³-hybridized carbons (Fsp3) is 0.333. The summed E-state index contributed by atoms with van der Waals surface area (Å²) in [6, 6.07) is 4.87. The van der Waals surface area contributed by atoms with Crippen LogP contribution in [0.5, 0.6) is 0 Å². The van der Waals surface area contributed by atoms with Crippen LogP contribution in [0.4, 0.5) is 15.2 Å². The maximum absolute atomic E-state index is 12.8. The molecule has 1 aromatic carbocycles. The van der Waals surface area contributed by atoms with E-state index >= 15 is 0 Å². The Balaban J connectivity index is 1.97. The van der Waals surface area contributed by atoms with Crippen LogP contribution in [0, 0.1) is 5.82 Å². The van der Waals surface area contributed by atoms with Crippen LogP contribution in [0.25, 0.3) is 0 Å². The lowest BCUT2D eigenvalue weighted by Gasteiger charge is -2.12. The molecular weight excluding hydrogens is 383 g/mol. The predicted octanol–water partition coefficient (Wildman–Crippen LogP) is 1.62. The molecule has 0 saturated carbocycles. The van der Waals surface area contributed by atoms with Crippen LogP contribution in [0.15, 0.2) is 24.3 Å². The molecule has 2 aromatic rings. The van der Waals surface area contributed by atoms with E-state index in [9.17, 15) is 22.4 Å². The number of halogens is 1. The van der Waals surface area contributed by atoms with Gasteiger partial charge in [0.05, 0.1) is 0 Å². The molecule has 140 valence electrons. The first-order valence-electron chi connectivity index (χ1n) is 7.61. The standard InChI is InChI=1S/C15H17FN4O4S2/c1-3-13-19-20-15(25-13)18-14(22)9(2)26(23,24)8-12(21)17-11-6-4-10(16)5-7-11/h4-7,9H,3,8H2,1-2H3,(H,17,21)(H,18,20,22). The number of aryl methyl sites for hydroxylation is 1. The minimum absolute atomic E-state index is 0.199. The highest BCUT2D eigenvalue weighted by molar-refractivity contribution is 7.93. The maximum atomic E-state index is 12.8. The van der Waals surface area contributed by atoms with Crippen molar-refractivity contribution in [3.8, 4) is 0 Å². The van der Waals surface area contributed by atoms with E-state index in [0.717, 1.165) is 23.5 Å². The smallest absolute Gasteiger partial charge is 0.244 e. The molecule has 0 radical (unpaired) electrons. The van der Waals surface area contributed by atoms with Crippen molar-refractivity contribution in [3.05, 3.63) is 35.1 Å². The third kappa shape index (κ3) is 5.30. The zero-order chi connectivity index (χ0) is 19.3. The molecular formula is C15H17FN4O4S2. The molecule has 0 saturated heterocycles. The zero-order valence-electron chi connectivity index (χ0n) is 14.0. The summed E-state index contributed by atoms with van der Waals surface area (Å²) in [4.78, 5) is 24.0. The molecule has 26 heavy (non-hydrogen) atoms. The van der Waals surface area contributed by atoms with Crippen molar-refractivity contribution in [1.82, 2.24) is 10.2 Å². The lowest BCUT2D eigenvalue weighted by atomic mass is 10.3. The largest absolute Gasteiger partial charge is 0.325 e. The van der Waals surface area contributed by atoms with Gasteiger partial charge in [0, 0.05) is 5.69 Å². The summed E-state index contributed by atoms with van der Waals surface area (Å²) < 4.78 is 37.4. The van der Waals surface area contributed by atoms with Gasteiger partial charge < -0.3 is 5.32 Å². The first-order valence-corrected chi connectivity index (χ1v) is 10.1. The van der Waals surface area contributed by atoms with Gasteiger partial charge in [0.25, 0.3) is 0 Å². The number of hydrogen-bond donors (Lipinski definition) is 2. The number of carbonyl (C=O) groups excluding carboxylic acids is 2. The fourth-order valence-electron chi connectivity index (χ4n) is 1.86. The van der Waals surface area contributed by atoms with E-state index in [0.29, 0.717) is 11.4 Å². The number of carbonyl (C=O) groups is 2. The minimum Gasteiger partial charge on any atom is -0.325 e. The number of hydrogen-bond acceptors (Lipinski definition) is 7. The normalized spacial score (nSPS) is 12.4. The monoisotopic (exact) mass is 400 g/mol. The average Bonchev–Trinajstić information content (AvgIpc) is 3.03. The van der Waals surface area contributed by atoms with Crippen molar-refractivity contribution in [2.75, 3.05) is 16.4 Å². The first-order chi connectivity index (χ1) is 12.2. The van der Waals surface area contributed by atoms with Crippen LogP contribution in [0.2, 0.25) is 0 Å². The Hall–Kier alpha value is -2.40. The van der Waals surface area contributed by atoms with E-state index in [1.165, 1.54) is 19.1 Å². The second-order valence-electron chi connectivity index (χ2n) is 5.35. The van der Waals surface area contributed by atoms with Gasteiger partial charge >= 0.3 is 0 Å². The minimum atomic E-state index is -4.05. The number of nitrogens with zero attached hydrogens (tertiary/aromatic N) is 2. The second kappa shape index (κ2) is 8.32. The van der Waals surface area contributed by atoms with Gasteiger partial charge in [0.2, 0.25) is 16.9 Å². The van der Waals surface area contributed by atoms with E-state index < -0.39 is 38.5 Å². The van der Waals surface area contributed by atoms with E-state index in [-0.39, 0.29) is 10.8 Å². The Morgan fingerprint density at radius 2 is 1.85 bits per heavy atom. The SMILES string of the molecule is CCc1nnc(NC(=O)C(C)S(=O)(=O)CC(=O)Nc2ccc(F)cc2)s1. The molecule has 8 nitrogen and oxygen atoms in total. The molecule has 0 aliphatic heterocycles. The van der Waals surface area contributed by atoms with E-state index in [1.807, 2.05) is 6.92 Å². The summed E-state index contributed by atoms with van der Waals surface area (Å²) in [5.41, 5.74) is 0.254. The van der Waals surface area contributed by atoms with Gasteiger partial charge in [-0.05, 0) is 37.6 Å². The molecule has 2 amide bonds. The van der Waals surface area contributed by atoms with Gasteiger partial charge in [-0.15, -0.1) is 10.2 Å². The summed E-state index contributed by atoms with van der Waals surface area (Å²) in [5, 5.41) is 11.8. The van der Waals surface area contributed by atoms with E-state index in [2.05, 4.69) is 20.8 Å². The molecule has 0 aliphatic rings. The Morgan fingerprint density at radius 1 is 1.19 bits per heavy atom. The molecule has 0 spiro atoms. The Labute approximate surface area is 153 Å². The van der Waals surface area contributed by atoms with Crippen molar-refractivity contribution in [1.29, 1.82) is 0 Å². The molecule has 2 rings (SSSR count). The molecule has 2 N–H and O–H groups in total. The quantitative estimate of drug-likeness (QED) is 0.729. The topological polar surface area (TPSA) is 118 Å². The highest BCUT2D eigenvalue weighted by Crippen LogP contribution is 2.17. The van der Waals surface area contributed by atoms with Crippen molar-refractivity contribution >= 4 is 43.8 Å². The van der Waals surface area contributed by atoms with Gasteiger partial charge in [0.1, 0.15) is 21.8 Å². The highest BCUT2D eigenvalue weighted by atomic mass is 32.2. The molecule has 1 atom stereocenters. The van der Waals surface area contributed by atoms with E-state index in [4.69, 9.17) is 0 Å². The molecule has 0 fully saturated rings. The predicted molar refractivity (Wildman–Crippen MR) is 96.2 cm³/mol. The Morgan fingerprint density at radius 3 is 2.42 bits per heavy atom. The van der Waals surface area contributed by atoms with Crippen molar-refractivity contribution in [2.24, 2.45) is 0 Å². The van der Waals surface area contributed by atoms with Crippen molar-refractivity contribution in [3.63, 3.8) is 0 Å². The summed E-state index contributed by atoms with van der Waals surface area (Å²) in [6.45, 7) is 3.07. The van der Waals surface area contributed by atoms with Crippen LogP contribution in [-0.2, 0) is 25.8 Å². The summed E-state index contributed by atoms with van der Waals surface area (Å²) in [6.07, 6.45) is 0.644. The summed E-state index contributed by atoms with van der Waals surface area (Å²) in [5.74, 6) is -2.97. The van der Waals surface area contributed by atoms with E-state index in [1.54, 1.807) is 0 Å². The number of anilines is 2. The molecule has 1 aromatic heterocycles. The Kier molecular flexibility index (Phi) is 6.37. The fourth-order valence-corrected chi connectivity index (χ4v) is 3.61. The number of sulfone groups is 1. The lowest BCUT2D eigenvalue weighted by Crippen LogP contribution is -2.37. The van der Waals surface area contributed by atoms with Crippen LogP contribution in [-0.4, -0.2) is 41.4 Å². The molecule has 0 aliphatic carbocycles. The highest BCUT2D eigenvalue weighted by Gasteiger charge is 2.31. The molecule has 11 heteroatoms. The van der Waals surface area contributed by atoms with Crippen LogP contribution in [0.1, 0.15) is 18.9 Å². The third-order valence-corrected chi connectivity index (χ3v) is 6.31. The van der Waals surface area contributed by atoms with Crippen LogP contribution < -0.4 is 10.6 Å². The number of benzene rings is 1. The number of aromatic nitrogens is 2. The van der Waals surface area contributed by atoms with Gasteiger partial charge in [-0.1, -0.05) is 18.3 Å². The van der Waals surface area contributed by atoms with Gasteiger partial charge in [0.15, 0.2) is 9.84 Å². The average molecular weight is 400 g/mol. The molecule has 1 unspecified atom stereocenters. The van der Waals surface area contributed by atoms with Crippen molar-refractivity contribution < 1.29 is 22.4 Å². The summed E-state index contributed by atoms with van der Waals surface area (Å²) >= 11 is 1.15. The lowest BCUT2D eigenvalue weighted by molar-refractivity contribution is -0.115. The first kappa shape index (κ1) is 19.9. The third-order valence-electron chi connectivity index (χ3n) is 3.37. The van der Waals surface area contributed by atoms with Gasteiger partial charge in [-0.3, -0.25) is 14.9 Å². The zero-order valence-corrected chi connectivity index (χ0v) is 15.7. The number of rotatable bonds is 7. The van der Waals surface area contributed by atoms with Crippen molar-refractivity contribution in [2.45, 2.75) is 25.5 Å². The summed E-state index contributed by atoms with van der Waals surface area (Å²) in [7, 11) is -4.05. The van der Waals surface area contributed by atoms with Crippen LogP contribution in [0.3, 0.4) is 0 Å². The second-order valence-corrected chi connectivity index (χ2v) is 8.73. The molecule has 0 bridgehead atoms. The molecule has 1 heterocycles. The maximum Gasteiger partial charge on any atom is 0.244 e. The van der Waals surface area contributed by atoms with Gasteiger partial charge in [-0.2, -0.15) is 0 Å².